The molecule has 24 heavy (non-hydrogen) atoms. The Morgan fingerprint density at radius 3 is 2.75 bits per heavy atom. The molecular weight excluding hydrogens is 334 g/mol. The Bertz CT molecular complexity index is 677. The molecule has 130 valence electrons. The van der Waals surface area contributed by atoms with Gasteiger partial charge in [-0.1, -0.05) is 0 Å². The average molecular weight is 353 g/mol. The van der Waals surface area contributed by atoms with Crippen LogP contribution in [0.25, 0.3) is 0 Å². The van der Waals surface area contributed by atoms with Crippen LogP contribution in [0.1, 0.15) is 19.3 Å². The summed E-state index contributed by atoms with van der Waals surface area (Å²) in [6, 6.07) is 4.33. The number of carboxylic acids is 1. The van der Waals surface area contributed by atoms with Gasteiger partial charge < -0.3 is 19.5 Å². The average Bonchev–Trinajstić information content (AvgIpc) is 3.09. The lowest BCUT2D eigenvalue weighted by atomic mass is 10.2. The van der Waals surface area contributed by atoms with E-state index < -0.39 is 22.8 Å². The first-order valence-electron chi connectivity index (χ1n) is 7.86. The van der Waals surface area contributed by atoms with Crippen LogP contribution in [0.4, 0.5) is 0 Å². The fourth-order valence-corrected chi connectivity index (χ4v) is 3.98. The van der Waals surface area contributed by atoms with Gasteiger partial charge in [0, 0.05) is 29.7 Å². The monoisotopic (exact) mass is 353 g/mol. The molecule has 1 N–H and O–H groups in total. The number of carboxylic acid groups (broad SMARTS) is 1. The smallest absolute Gasteiger partial charge is 0.326 e. The fraction of sp³-hybridized carbons (Fsp3) is 0.500. The van der Waals surface area contributed by atoms with Crippen LogP contribution in [0.15, 0.2) is 23.1 Å². The van der Waals surface area contributed by atoms with Crippen LogP contribution in [0, 0.1) is 0 Å². The van der Waals surface area contributed by atoms with Crippen LogP contribution >= 0.6 is 0 Å². The number of benzene rings is 1. The third-order valence-electron chi connectivity index (χ3n) is 4.14. The van der Waals surface area contributed by atoms with Crippen LogP contribution in [-0.4, -0.2) is 57.6 Å². The van der Waals surface area contributed by atoms with E-state index in [1.54, 1.807) is 18.2 Å². The van der Waals surface area contributed by atoms with Crippen molar-refractivity contribution in [2.24, 2.45) is 0 Å². The van der Waals surface area contributed by atoms with Crippen molar-refractivity contribution >= 4 is 22.7 Å². The molecule has 0 saturated carbocycles. The number of nitrogens with zero attached hydrogens (tertiary/aromatic N) is 1. The largest absolute Gasteiger partial charge is 0.486 e. The minimum Gasteiger partial charge on any atom is -0.486 e. The maximum atomic E-state index is 12.4. The number of carbonyl (C=O) groups is 2. The minimum atomic E-state index is -1.35. The molecule has 1 amide bonds. The third-order valence-corrected chi connectivity index (χ3v) is 5.49. The van der Waals surface area contributed by atoms with Crippen LogP contribution in [-0.2, 0) is 20.4 Å². The van der Waals surface area contributed by atoms with E-state index >= 15 is 0 Å². The molecule has 2 aliphatic rings. The Kier molecular flexibility index (Phi) is 5.03. The van der Waals surface area contributed by atoms with Crippen molar-refractivity contribution < 1.29 is 28.4 Å². The number of ether oxygens (including phenoxy) is 2. The zero-order valence-electron chi connectivity index (χ0n) is 13.1. The van der Waals surface area contributed by atoms with Crippen molar-refractivity contribution in [1.82, 2.24) is 4.90 Å². The second kappa shape index (κ2) is 7.21. The molecule has 0 aromatic heterocycles. The Morgan fingerprint density at radius 2 is 2.00 bits per heavy atom. The van der Waals surface area contributed by atoms with Crippen molar-refractivity contribution in [2.45, 2.75) is 30.2 Å². The maximum Gasteiger partial charge on any atom is 0.326 e. The zero-order chi connectivity index (χ0) is 17.1. The van der Waals surface area contributed by atoms with Crippen LogP contribution < -0.4 is 9.47 Å². The number of fused-ring (bicyclic) bond motifs is 1. The normalized spacial score (nSPS) is 20.7. The van der Waals surface area contributed by atoms with Gasteiger partial charge in [0.25, 0.3) is 0 Å². The van der Waals surface area contributed by atoms with E-state index in [0.29, 0.717) is 49.0 Å². The van der Waals surface area contributed by atoms with Crippen LogP contribution in [0.5, 0.6) is 11.5 Å². The summed E-state index contributed by atoms with van der Waals surface area (Å²) in [4.78, 5) is 25.3. The Balaban J connectivity index is 1.59. The summed E-state index contributed by atoms with van der Waals surface area (Å²) in [7, 11) is -1.35. The Morgan fingerprint density at radius 1 is 1.25 bits per heavy atom. The van der Waals surface area contributed by atoms with E-state index in [-0.39, 0.29) is 18.1 Å². The van der Waals surface area contributed by atoms with E-state index in [1.165, 1.54) is 4.90 Å². The second-order valence-electron chi connectivity index (χ2n) is 5.69. The SMILES string of the molecule is O=C(O)C1CCCN1C(=O)CCS(=O)c1ccc2c(c1)OCCO2. The Labute approximate surface area is 142 Å². The molecule has 3 rings (SSSR count). The van der Waals surface area contributed by atoms with Crippen LogP contribution in [0.2, 0.25) is 0 Å². The van der Waals surface area contributed by atoms with Gasteiger partial charge in [0.2, 0.25) is 5.91 Å². The van der Waals surface area contributed by atoms with Gasteiger partial charge in [0.1, 0.15) is 19.3 Å². The lowest BCUT2D eigenvalue weighted by Crippen LogP contribution is -2.40. The lowest BCUT2D eigenvalue weighted by molar-refractivity contribution is -0.148. The third kappa shape index (κ3) is 3.53. The zero-order valence-corrected chi connectivity index (χ0v) is 13.9. The van der Waals surface area contributed by atoms with Crippen molar-refractivity contribution in [3.63, 3.8) is 0 Å². The fourth-order valence-electron chi connectivity index (χ4n) is 2.93. The lowest BCUT2D eigenvalue weighted by Gasteiger charge is -2.21. The highest BCUT2D eigenvalue weighted by molar-refractivity contribution is 7.85. The van der Waals surface area contributed by atoms with Crippen LogP contribution in [0.3, 0.4) is 0 Å². The number of carbonyl (C=O) groups excluding carboxylic acids is 1. The van der Waals surface area contributed by atoms with Gasteiger partial charge in [-0.2, -0.15) is 0 Å². The van der Waals surface area contributed by atoms with Gasteiger partial charge in [0.05, 0.1) is 10.8 Å². The summed E-state index contributed by atoms with van der Waals surface area (Å²) in [6.07, 6.45) is 1.23. The second-order valence-corrected chi connectivity index (χ2v) is 7.26. The van der Waals surface area contributed by atoms with Gasteiger partial charge in [-0.3, -0.25) is 9.00 Å². The summed E-state index contributed by atoms with van der Waals surface area (Å²) in [5.74, 6) is 0.101. The molecular formula is C16H19NO6S. The molecule has 1 aromatic rings. The van der Waals surface area contributed by atoms with Crippen molar-refractivity contribution in [1.29, 1.82) is 0 Å². The van der Waals surface area contributed by atoms with E-state index in [2.05, 4.69) is 0 Å². The number of amides is 1. The summed E-state index contributed by atoms with van der Waals surface area (Å²) in [6.45, 7) is 1.39. The highest BCUT2D eigenvalue weighted by atomic mass is 32.2. The molecule has 2 atom stereocenters. The van der Waals surface area contributed by atoms with Gasteiger partial charge in [-0.25, -0.2) is 4.79 Å². The summed E-state index contributed by atoms with van der Waals surface area (Å²) >= 11 is 0. The topological polar surface area (TPSA) is 93.1 Å². The molecule has 8 heteroatoms. The first kappa shape index (κ1) is 16.8. The number of likely N-dealkylation sites (tertiary alicyclic amines) is 1. The first-order chi connectivity index (χ1) is 11.6. The predicted molar refractivity (Wildman–Crippen MR) is 85.7 cm³/mol. The summed E-state index contributed by atoms with van der Waals surface area (Å²) < 4.78 is 23.3. The predicted octanol–water partition coefficient (Wildman–Crippen LogP) is 1.03. The quantitative estimate of drug-likeness (QED) is 0.850. The van der Waals surface area contributed by atoms with Gasteiger partial charge in [-0.05, 0) is 25.0 Å². The van der Waals surface area contributed by atoms with E-state index in [9.17, 15) is 13.8 Å². The number of aliphatic carboxylic acids is 1. The van der Waals surface area contributed by atoms with E-state index in [1.807, 2.05) is 0 Å². The molecule has 1 aromatic carbocycles. The molecule has 2 aliphatic heterocycles. The molecule has 2 heterocycles. The van der Waals surface area contributed by atoms with Gasteiger partial charge >= 0.3 is 5.97 Å². The molecule has 1 fully saturated rings. The van der Waals surface area contributed by atoms with Crippen molar-refractivity contribution in [3.05, 3.63) is 18.2 Å². The highest BCUT2D eigenvalue weighted by Gasteiger charge is 2.33. The molecule has 0 aliphatic carbocycles. The van der Waals surface area contributed by atoms with E-state index in [0.717, 1.165) is 0 Å². The maximum absolute atomic E-state index is 12.4. The van der Waals surface area contributed by atoms with Crippen molar-refractivity contribution in [2.75, 3.05) is 25.5 Å². The molecule has 0 bridgehead atoms. The minimum absolute atomic E-state index is 0.0604. The highest BCUT2D eigenvalue weighted by Crippen LogP contribution is 2.32. The number of hydrogen-bond donors (Lipinski definition) is 1. The number of hydrogen-bond acceptors (Lipinski definition) is 5. The standard InChI is InChI=1S/C16H19NO6S/c18-15(17-6-1-2-12(17)16(19)20)5-9-24(21)11-3-4-13-14(10-11)23-8-7-22-13/h3-4,10,12H,1-2,5-9H2,(H,19,20). The molecule has 0 spiro atoms. The molecule has 7 nitrogen and oxygen atoms in total. The van der Waals surface area contributed by atoms with E-state index in [4.69, 9.17) is 14.6 Å². The summed E-state index contributed by atoms with van der Waals surface area (Å²) in [5, 5.41) is 9.12. The van der Waals surface area contributed by atoms with Gasteiger partial charge in [0.15, 0.2) is 11.5 Å². The summed E-state index contributed by atoms with van der Waals surface area (Å²) in [5.41, 5.74) is 0. The Hall–Kier alpha value is -2.09. The molecule has 0 radical (unpaired) electrons. The number of rotatable bonds is 5. The molecule has 1 saturated heterocycles. The van der Waals surface area contributed by atoms with Gasteiger partial charge in [-0.15, -0.1) is 0 Å². The molecule has 2 unspecified atom stereocenters. The first-order valence-corrected chi connectivity index (χ1v) is 9.18. The van der Waals surface area contributed by atoms with Crippen molar-refractivity contribution in [3.8, 4) is 11.5 Å².